The number of alkyl halides is 2. The maximum Gasteiger partial charge on any atom is 0.322 e. The van der Waals surface area contributed by atoms with Gasteiger partial charge >= 0.3 is 5.97 Å². The third-order valence-electron chi connectivity index (χ3n) is 2.49. The summed E-state index contributed by atoms with van der Waals surface area (Å²) in [5.41, 5.74) is -1.56. The third kappa shape index (κ3) is 1.85. The van der Waals surface area contributed by atoms with E-state index in [4.69, 9.17) is 4.74 Å². The molecule has 14 heavy (non-hydrogen) atoms. The van der Waals surface area contributed by atoms with Gasteiger partial charge in [-0.25, -0.2) is 8.78 Å². The lowest BCUT2D eigenvalue weighted by Gasteiger charge is -2.25. The lowest BCUT2D eigenvalue weighted by atomic mass is 10.0. The third-order valence-corrected chi connectivity index (χ3v) is 2.49. The van der Waals surface area contributed by atoms with Crippen LogP contribution in [0, 0.1) is 0 Å². The molecule has 0 aliphatic carbocycles. The molecular weight excluding hydrogens is 196 g/mol. The number of methoxy groups -OCH3 is 2. The van der Waals surface area contributed by atoms with Gasteiger partial charge in [-0.2, -0.15) is 0 Å². The van der Waals surface area contributed by atoms with E-state index in [-0.39, 0.29) is 13.0 Å². The molecule has 4 nitrogen and oxygen atoms in total. The molecule has 0 amide bonds. The quantitative estimate of drug-likeness (QED) is 0.673. The van der Waals surface area contributed by atoms with Crippen molar-refractivity contribution in [1.82, 2.24) is 5.32 Å². The Bertz CT molecular complexity index is 225. The topological polar surface area (TPSA) is 47.6 Å². The normalized spacial score (nSPS) is 32.2. The van der Waals surface area contributed by atoms with Gasteiger partial charge in [0.05, 0.1) is 7.11 Å². The number of hydrogen-bond acceptors (Lipinski definition) is 4. The Morgan fingerprint density at radius 2 is 2.21 bits per heavy atom. The number of rotatable bonds is 3. The van der Waals surface area contributed by atoms with Crippen LogP contribution in [0.15, 0.2) is 0 Å². The van der Waals surface area contributed by atoms with Crippen LogP contribution in [0.1, 0.15) is 6.42 Å². The summed E-state index contributed by atoms with van der Waals surface area (Å²) < 4.78 is 34.5. The first-order valence-corrected chi connectivity index (χ1v) is 4.20. The van der Waals surface area contributed by atoms with E-state index in [0.29, 0.717) is 0 Å². The number of nitrogens with one attached hydrogen (secondary N) is 1. The van der Waals surface area contributed by atoms with Gasteiger partial charge in [0.2, 0.25) is 0 Å². The van der Waals surface area contributed by atoms with Gasteiger partial charge in [-0.05, 0) is 0 Å². The first-order valence-electron chi connectivity index (χ1n) is 4.20. The molecule has 82 valence electrons. The van der Waals surface area contributed by atoms with Crippen LogP contribution >= 0.6 is 0 Å². The summed E-state index contributed by atoms with van der Waals surface area (Å²) in [7, 11) is 2.44. The Labute approximate surface area is 80.6 Å². The van der Waals surface area contributed by atoms with Crippen molar-refractivity contribution in [3.8, 4) is 0 Å². The van der Waals surface area contributed by atoms with Crippen molar-refractivity contribution in [1.29, 1.82) is 0 Å². The van der Waals surface area contributed by atoms with E-state index in [2.05, 4.69) is 10.1 Å². The summed E-state index contributed by atoms with van der Waals surface area (Å²) >= 11 is 0. The lowest BCUT2D eigenvalue weighted by Crippen LogP contribution is -2.41. The Morgan fingerprint density at radius 1 is 1.57 bits per heavy atom. The number of carbonyl (C=O) groups excluding carboxylic acids is 1. The van der Waals surface area contributed by atoms with Gasteiger partial charge in [0.15, 0.2) is 0 Å². The van der Waals surface area contributed by atoms with E-state index in [0.717, 1.165) is 0 Å². The van der Waals surface area contributed by atoms with Crippen molar-refractivity contribution < 1.29 is 23.0 Å². The molecule has 1 heterocycles. The van der Waals surface area contributed by atoms with Crippen LogP contribution in [0.2, 0.25) is 0 Å². The van der Waals surface area contributed by atoms with Crippen LogP contribution in [-0.4, -0.2) is 44.8 Å². The minimum Gasteiger partial charge on any atom is -0.468 e. The fraction of sp³-hybridized carbons (Fsp3) is 0.875. The highest BCUT2D eigenvalue weighted by Crippen LogP contribution is 2.30. The minimum atomic E-state index is -2.62. The van der Waals surface area contributed by atoms with Gasteiger partial charge in [0, 0.05) is 20.1 Å². The van der Waals surface area contributed by atoms with E-state index < -0.39 is 24.0 Å². The van der Waals surface area contributed by atoms with Gasteiger partial charge in [-0.3, -0.25) is 4.79 Å². The predicted molar refractivity (Wildman–Crippen MR) is 44.2 cm³/mol. The van der Waals surface area contributed by atoms with Gasteiger partial charge in [0.1, 0.15) is 11.6 Å². The molecule has 1 aliphatic heterocycles. The zero-order valence-electron chi connectivity index (χ0n) is 8.05. The monoisotopic (exact) mass is 209 g/mol. The minimum absolute atomic E-state index is 0.0407. The average Bonchev–Trinajstić information content (AvgIpc) is 2.62. The molecule has 0 saturated carbocycles. The molecule has 0 unspecified atom stereocenters. The van der Waals surface area contributed by atoms with Crippen LogP contribution < -0.4 is 5.32 Å². The lowest BCUT2D eigenvalue weighted by molar-refractivity contribution is -0.144. The SMILES string of the molecule is COC(=O)[C@@H]1C[C@@](OC)(C(F)F)CN1. The molecule has 1 aliphatic rings. The van der Waals surface area contributed by atoms with E-state index in [1.807, 2.05) is 0 Å². The van der Waals surface area contributed by atoms with Crippen LogP contribution in [0.4, 0.5) is 8.78 Å². The molecule has 1 saturated heterocycles. The fourth-order valence-electron chi connectivity index (χ4n) is 1.51. The standard InChI is InChI=1S/C8H13F2NO3/c1-13-6(12)5-3-8(14-2,4-11-5)7(9)10/h5,7,11H,3-4H2,1-2H3/t5-,8-/m0/s1. The summed E-state index contributed by atoms with van der Waals surface area (Å²) in [6.07, 6.45) is -2.68. The highest BCUT2D eigenvalue weighted by molar-refractivity contribution is 5.76. The fourth-order valence-corrected chi connectivity index (χ4v) is 1.51. The highest BCUT2D eigenvalue weighted by atomic mass is 19.3. The molecule has 0 radical (unpaired) electrons. The van der Waals surface area contributed by atoms with Gasteiger partial charge in [-0.15, -0.1) is 0 Å². The number of halogens is 2. The summed E-state index contributed by atoms with van der Waals surface area (Å²) in [6, 6.07) is -0.700. The van der Waals surface area contributed by atoms with Crippen LogP contribution in [0.25, 0.3) is 0 Å². The molecule has 0 spiro atoms. The molecule has 0 bridgehead atoms. The second-order valence-corrected chi connectivity index (χ2v) is 3.23. The molecule has 1 fully saturated rings. The van der Waals surface area contributed by atoms with Crippen molar-refractivity contribution in [2.75, 3.05) is 20.8 Å². The van der Waals surface area contributed by atoms with E-state index >= 15 is 0 Å². The number of carbonyl (C=O) groups is 1. The predicted octanol–water partition coefficient (Wildman–Crippen LogP) is 0.172. The first kappa shape index (κ1) is 11.3. The van der Waals surface area contributed by atoms with Crippen molar-refractivity contribution in [3.63, 3.8) is 0 Å². The zero-order chi connectivity index (χ0) is 10.8. The highest BCUT2D eigenvalue weighted by Gasteiger charge is 2.49. The van der Waals surface area contributed by atoms with Crippen molar-refractivity contribution in [3.05, 3.63) is 0 Å². The Kier molecular flexibility index (Phi) is 3.38. The van der Waals surface area contributed by atoms with E-state index in [1.165, 1.54) is 14.2 Å². The largest absolute Gasteiger partial charge is 0.468 e. The van der Waals surface area contributed by atoms with Crippen LogP contribution in [0.3, 0.4) is 0 Å². The summed E-state index contributed by atoms with van der Waals surface area (Å²) in [6.45, 7) is -0.0407. The van der Waals surface area contributed by atoms with Crippen molar-refractivity contribution >= 4 is 5.97 Å². The van der Waals surface area contributed by atoms with Crippen LogP contribution in [0.5, 0.6) is 0 Å². The Morgan fingerprint density at radius 3 is 2.57 bits per heavy atom. The molecule has 2 atom stereocenters. The number of ether oxygens (including phenoxy) is 2. The Balaban J connectivity index is 2.66. The van der Waals surface area contributed by atoms with Crippen molar-refractivity contribution in [2.24, 2.45) is 0 Å². The zero-order valence-corrected chi connectivity index (χ0v) is 8.05. The second-order valence-electron chi connectivity index (χ2n) is 3.23. The van der Waals surface area contributed by atoms with Crippen LogP contribution in [-0.2, 0) is 14.3 Å². The van der Waals surface area contributed by atoms with Gasteiger partial charge in [0.25, 0.3) is 6.43 Å². The van der Waals surface area contributed by atoms with E-state index in [1.54, 1.807) is 0 Å². The van der Waals surface area contributed by atoms with Gasteiger partial charge < -0.3 is 14.8 Å². The molecule has 0 aromatic heterocycles. The number of esters is 1. The number of hydrogen-bond donors (Lipinski definition) is 1. The van der Waals surface area contributed by atoms with Gasteiger partial charge in [-0.1, -0.05) is 0 Å². The average molecular weight is 209 g/mol. The second kappa shape index (κ2) is 4.18. The van der Waals surface area contributed by atoms with E-state index in [9.17, 15) is 13.6 Å². The molecule has 1 rings (SSSR count). The summed E-state index contributed by atoms with van der Waals surface area (Å²) in [4.78, 5) is 11.1. The maximum atomic E-state index is 12.6. The molecule has 1 N–H and O–H groups in total. The smallest absolute Gasteiger partial charge is 0.322 e. The maximum absolute atomic E-state index is 12.6. The molecule has 6 heteroatoms. The Hall–Kier alpha value is -0.750. The first-order chi connectivity index (χ1) is 6.55. The summed E-state index contributed by atoms with van der Waals surface area (Å²) in [5, 5.41) is 2.65. The molecular formula is C8H13F2NO3. The summed E-state index contributed by atoms with van der Waals surface area (Å²) in [5.74, 6) is -0.537. The molecule has 0 aromatic rings. The van der Waals surface area contributed by atoms with Crippen molar-refractivity contribution in [2.45, 2.75) is 24.5 Å². The molecule has 0 aromatic carbocycles.